The predicted molar refractivity (Wildman–Crippen MR) is 42.7 cm³/mol. The molecule has 0 amide bonds. The molecule has 0 heterocycles. The molecule has 1 saturated carbocycles. The fourth-order valence-electron chi connectivity index (χ4n) is 1.82. The molecule has 1 nitrogen and oxygen atoms in total. The maximum absolute atomic E-state index is 13.2. The van der Waals surface area contributed by atoms with Crippen LogP contribution in [0.3, 0.4) is 0 Å². The molecule has 2 N–H and O–H groups in total. The lowest BCUT2D eigenvalue weighted by Crippen LogP contribution is -2.33. The molecule has 0 aromatic heterocycles. The molecule has 60 valence electrons. The van der Waals surface area contributed by atoms with Crippen molar-refractivity contribution in [2.24, 2.45) is 5.73 Å². The topological polar surface area (TPSA) is 26.0 Å². The van der Waals surface area contributed by atoms with Crippen molar-refractivity contribution in [3.05, 3.63) is 23.3 Å². The second kappa shape index (κ2) is 2.18. The van der Waals surface area contributed by atoms with E-state index in [2.05, 4.69) is 0 Å². The van der Waals surface area contributed by atoms with Crippen molar-refractivity contribution in [3.8, 4) is 0 Å². The fraction of sp³-hybridized carbons (Fsp3) is 0.556. The molecule has 2 aliphatic carbocycles. The van der Waals surface area contributed by atoms with E-state index in [0.717, 1.165) is 24.8 Å². The smallest absolute Gasteiger partial charge is 0.181 e. The molecular formula is C9H12FN. The van der Waals surface area contributed by atoms with Gasteiger partial charge in [-0.2, -0.15) is 0 Å². The normalized spacial score (nSPS) is 36.2. The van der Waals surface area contributed by atoms with Crippen molar-refractivity contribution >= 4 is 0 Å². The first-order valence-electron chi connectivity index (χ1n) is 4.06. The Bertz CT molecular complexity index is 238. The van der Waals surface area contributed by atoms with E-state index in [0.29, 0.717) is 6.42 Å². The third kappa shape index (κ3) is 1.23. The molecule has 0 aliphatic heterocycles. The molecule has 0 spiro atoms. The van der Waals surface area contributed by atoms with Gasteiger partial charge in [-0.1, -0.05) is 6.08 Å². The van der Waals surface area contributed by atoms with Gasteiger partial charge in [0.2, 0.25) is 0 Å². The quantitative estimate of drug-likeness (QED) is 0.529. The van der Waals surface area contributed by atoms with Crippen LogP contribution in [0.25, 0.3) is 0 Å². The Morgan fingerprint density at radius 2 is 2.09 bits per heavy atom. The molecule has 1 fully saturated rings. The summed E-state index contributed by atoms with van der Waals surface area (Å²) in [5.41, 5.74) is 7.81. The van der Waals surface area contributed by atoms with Gasteiger partial charge in [0.15, 0.2) is 5.79 Å². The molecule has 2 aliphatic rings. The first kappa shape index (κ1) is 7.04. The van der Waals surface area contributed by atoms with E-state index in [1.807, 2.05) is 6.08 Å². The van der Waals surface area contributed by atoms with Crippen molar-refractivity contribution in [1.82, 2.24) is 0 Å². The van der Waals surface area contributed by atoms with Crippen LogP contribution in [0.15, 0.2) is 23.3 Å². The molecule has 11 heavy (non-hydrogen) atoms. The highest BCUT2D eigenvalue weighted by Gasteiger charge is 2.27. The SMILES string of the molecule is NC1(F)C=C2CCCC2=CC1. The van der Waals surface area contributed by atoms with Gasteiger partial charge >= 0.3 is 0 Å². The summed E-state index contributed by atoms with van der Waals surface area (Å²) >= 11 is 0. The summed E-state index contributed by atoms with van der Waals surface area (Å²) in [6.07, 6.45) is 7.17. The molecule has 0 saturated heterocycles. The number of allylic oxidation sites excluding steroid dienone is 2. The number of fused-ring (bicyclic) bond motifs is 1. The fourth-order valence-corrected chi connectivity index (χ4v) is 1.82. The van der Waals surface area contributed by atoms with E-state index in [9.17, 15) is 4.39 Å². The average Bonchev–Trinajstić information content (AvgIpc) is 2.31. The maximum Gasteiger partial charge on any atom is 0.181 e. The number of nitrogens with two attached hydrogens (primary N) is 1. The summed E-state index contributed by atoms with van der Waals surface area (Å²) in [5.74, 6) is -1.57. The van der Waals surface area contributed by atoms with Gasteiger partial charge in [-0.05, 0) is 36.5 Å². The number of rotatable bonds is 0. The largest absolute Gasteiger partial charge is 0.296 e. The van der Waals surface area contributed by atoms with Gasteiger partial charge in [-0.15, -0.1) is 0 Å². The van der Waals surface area contributed by atoms with Crippen LogP contribution >= 0.6 is 0 Å². The van der Waals surface area contributed by atoms with E-state index in [4.69, 9.17) is 5.73 Å². The highest BCUT2D eigenvalue weighted by atomic mass is 19.1. The monoisotopic (exact) mass is 153 g/mol. The van der Waals surface area contributed by atoms with Crippen molar-refractivity contribution in [2.75, 3.05) is 0 Å². The number of halogens is 1. The van der Waals surface area contributed by atoms with Gasteiger partial charge in [0.1, 0.15) is 0 Å². The highest BCUT2D eigenvalue weighted by Crippen LogP contribution is 2.36. The summed E-state index contributed by atoms with van der Waals surface area (Å²) in [7, 11) is 0. The number of alkyl halides is 1. The van der Waals surface area contributed by atoms with Crippen LogP contribution in [-0.2, 0) is 0 Å². The van der Waals surface area contributed by atoms with Crippen molar-refractivity contribution < 1.29 is 4.39 Å². The van der Waals surface area contributed by atoms with E-state index in [-0.39, 0.29) is 0 Å². The summed E-state index contributed by atoms with van der Waals surface area (Å²) < 4.78 is 13.2. The van der Waals surface area contributed by atoms with Gasteiger partial charge < -0.3 is 0 Å². The van der Waals surface area contributed by atoms with Gasteiger partial charge in [0, 0.05) is 6.42 Å². The predicted octanol–water partition coefficient (Wildman–Crippen LogP) is 2.05. The third-order valence-corrected chi connectivity index (χ3v) is 2.38. The molecule has 0 bridgehead atoms. The molecule has 2 heteroatoms. The molecule has 0 aromatic rings. The minimum Gasteiger partial charge on any atom is -0.296 e. The Morgan fingerprint density at radius 3 is 2.91 bits per heavy atom. The van der Waals surface area contributed by atoms with Crippen molar-refractivity contribution in [3.63, 3.8) is 0 Å². The Hall–Kier alpha value is -0.630. The zero-order chi connectivity index (χ0) is 7.90. The molecule has 1 unspecified atom stereocenters. The van der Waals surface area contributed by atoms with Gasteiger partial charge in [-0.3, -0.25) is 5.73 Å². The minimum absolute atomic E-state index is 0.353. The molecular weight excluding hydrogens is 141 g/mol. The second-order valence-electron chi connectivity index (χ2n) is 3.38. The Morgan fingerprint density at radius 1 is 1.36 bits per heavy atom. The van der Waals surface area contributed by atoms with Gasteiger partial charge in [0.05, 0.1) is 0 Å². The second-order valence-corrected chi connectivity index (χ2v) is 3.38. The third-order valence-electron chi connectivity index (χ3n) is 2.38. The summed E-state index contributed by atoms with van der Waals surface area (Å²) in [6.45, 7) is 0. The summed E-state index contributed by atoms with van der Waals surface area (Å²) in [6, 6.07) is 0. The first-order valence-corrected chi connectivity index (χ1v) is 4.06. The van der Waals surface area contributed by atoms with E-state index in [1.165, 1.54) is 5.57 Å². The summed E-state index contributed by atoms with van der Waals surface area (Å²) in [5, 5.41) is 0. The molecule has 2 rings (SSSR count). The van der Waals surface area contributed by atoms with E-state index >= 15 is 0 Å². The van der Waals surface area contributed by atoms with Gasteiger partial charge in [0.25, 0.3) is 0 Å². The molecule has 0 radical (unpaired) electrons. The van der Waals surface area contributed by atoms with Crippen molar-refractivity contribution in [2.45, 2.75) is 31.5 Å². The molecule has 1 atom stereocenters. The van der Waals surface area contributed by atoms with Crippen LogP contribution in [-0.4, -0.2) is 5.79 Å². The first-order chi connectivity index (χ1) is 5.17. The Kier molecular flexibility index (Phi) is 1.39. The lowest BCUT2D eigenvalue weighted by atomic mass is 9.96. The zero-order valence-corrected chi connectivity index (χ0v) is 6.44. The highest BCUT2D eigenvalue weighted by molar-refractivity contribution is 5.40. The minimum atomic E-state index is -1.57. The standard InChI is InChI=1S/C9H12FN/c10-9(11)5-4-7-2-1-3-8(7)6-9/h4,6H,1-3,5,11H2. The van der Waals surface area contributed by atoms with Crippen LogP contribution < -0.4 is 5.73 Å². The van der Waals surface area contributed by atoms with Crippen LogP contribution in [0.2, 0.25) is 0 Å². The number of hydrogen-bond donors (Lipinski definition) is 1. The van der Waals surface area contributed by atoms with Gasteiger partial charge in [-0.25, -0.2) is 4.39 Å². The zero-order valence-electron chi connectivity index (χ0n) is 6.44. The number of hydrogen-bond acceptors (Lipinski definition) is 1. The van der Waals surface area contributed by atoms with Crippen LogP contribution in [0.1, 0.15) is 25.7 Å². The average molecular weight is 153 g/mol. The Balaban J connectivity index is 2.31. The Labute approximate surface area is 65.8 Å². The lowest BCUT2D eigenvalue weighted by molar-refractivity contribution is 0.239. The maximum atomic E-state index is 13.2. The van der Waals surface area contributed by atoms with Crippen molar-refractivity contribution in [1.29, 1.82) is 0 Å². The van der Waals surface area contributed by atoms with Crippen LogP contribution in [0, 0.1) is 0 Å². The van der Waals surface area contributed by atoms with E-state index in [1.54, 1.807) is 6.08 Å². The molecule has 0 aromatic carbocycles. The van der Waals surface area contributed by atoms with E-state index < -0.39 is 5.79 Å². The van der Waals surface area contributed by atoms with Crippen LogP contribution in [0.4, 0.5) is 4.39 Å². The lowest BCUT2D eigenvalue weighted by Gasteiger charge is -2.20. The summed E-state index contributed by atoms with van der Waals surface area (Å²) in [4.78, 5) is 0. The van der Waals surface area contributed by atoms with Crippen LogP contribution in [0.5, 0.6) is 0 Å².